The van der Waals surface area contributed by atoms with Crippen molar-refractivity contribution in [1.82, 2.24) is 0 Å². The topological polar surface area (TPSA) is 38.5 Å². The van der Waals surface area contributed by atoms with E-state index < -0.39 is 0 Å². The van der Waals surface area contributed by atoms with E-state index in [4.69, 9.17) is 10.5 Å². The van der Waals surface area contributed by atoms with Gasteiger partial charge in [-0.2, -0.15) is 0 Å². The second kappa shape index (κ2) is 6.46. The van der Waals surface area contributed by atoms with E-state index in [0.717, 1.165) is 25.7 Å². The van der Waals surface area contributed by atoms with Gasteiger partial charge in [-0.1, -0.05) is 30.3 Å². The predicted octanol–water partition coefficient (Wildman–Crippen LogP) is 3.16. The van der Waals surface area contributed by atoms with Crippen molar-refractivity contribution < 1.29 is 4.74 Å². The maximum absolute atomic E-state index is 5.84. The minimum absolute atomic E-state index is 0.578. The highest BCUT2D eigenvalue weighted by Crippen LogP contribution is 2.30. The van der Waals surface area contributed by atoms with Crippen molar-refractivity contribution in [3.8, 4) is 0 Å². The molecule has 2 aromatic rings. The molecule has 2 aromatic carbocycles. The summed E-state index contributed by atoms with van der Waals surface area (Å²) in [6, 6.07) is 12.8. The number of likely N-dealkylation sites (N-methyl/N-ethyl adjacent to an activating group) is 1. The van der Waals surface area contributed by atoms with Gasteiger partial charge in [0.1, 0.15) is 0 Å². The van der Waals surface area contributed by atoms with E-state index in [9.17, 15) is 0 Å². The van der Waals surface area contributed by atoms with Gasteiger partial charge in [0.25, 0.3) is 0 Å². The van der Waals surface area contributed by atoms with Gasteiger partial charge in [-0.25, -0.2) is 0 Å². The molecule has 0 spiro atoms. The molecule has 0 radical (unpaired) electrons. The molecule has 1 fully saturated rings. The Labute approximate surface area is 126 Å². The van der Waals surface area contributed by atoms with Crippen LogP contribution >= 0.6 is 0 Å². The molecule has 21 heavy (non-hydrogen) atoms. The molecule has 0 atom stereocenters. The van der Waals surface area contributed by atoms with Crippen molar-refractivity contribution >= 4 is 16.5 Å². The first-order chi connectivity index (χ1) is 10.3. The van der Waals surface area contributed by atoms with Crippen LogP contribution in [0.5, 0.6) is 0 Å². The zero-order valence-corrected chi connectivity index (χ0v) is 12.7. The molecule has 1 aliphatic carbocycles. The fourth-order valence-corrected chi connectivity index (χ4v) is 2.71. The summed E-state index contributed by atoms with van der Waals surface area (Å²) >= 11 is 0. The van der Waals surface area contributed by atoms with Gasteiger partial charge in [-0.3, -0.25) is 0 Å². The van der Waals surface area contributed by atoms with Gasteiger partial charge in [0, 0.05) is 37.8 Å². The van der Waals surface area contributed by atoms with Crippen molar-refractivity contribution in [2.75, 3.05) is 31.7 Å². The second-order valence-corrected chi connectivity index (χ2v) is 5.93. The molecule has 0 amide bonds. The minimum atomic E-state index is 0.578. The fraction of sp³-hybridized carbons (Fsp3) is 0.444. The molecule has 0 bridgehead atoms. The molecule has 0 saturated heterocycles. The zero-order valence-electron chi connectivity index (χ0n) is 12.7. The van der Waals surface area contributed by atoms with E-state index in [-0.39, 0.29) is 0 Å². The molecular weight excluding hydrogens is 260 g/mol. The molecule has 1 saturated carbocycles. The Morgan fingerprint density at radius 2 is 1.90 bits per heavy atom. The number of hydrogen-bond acceptors (Lipinski definition) is 3. The van der Waals surface area contributed by atoms with Crippen molar-refractivity contribution in [1.29, 1.82) is 0 Å². The third kappa shape index (κ3) is 3.36. The van der Waals surface area contributed by atoms with Gasteiger partial charge in [0.2, 0.25) is 0 Å². The standard InChI is InChI=1S/C18H24N2O/c1-20(10-11-21-13-14-6-7-14)18-9-8-15(12-19)16-4-2-3-5-17(16)18/h2-5,8-9,14H,6-7,10-13,19H2,1H3. The van der Waals surface area contributed by atoms with E-state index in [0.29, 0.717) is 6.54 Å². The first kappa shape index (κ1) is 14.4. The highest BCUT2D eigenvalue weighted by molar-refractivity contribution is 5.96. The number of nitrogens with zero attached hydrogens (tertiary/aromatic N) is 1. The molecule has 0 aromatic heterocycles. The fourth-order valence-electron chi connectivity index (χ4n) is 2.71. The van der Waals surface area contributed by atoms with Gasteiger partial charge in [-0.15, -0.1) is 0 Å². The van der Waals surface area contributed by atoms with Crippen LogP contribution in [0.2, 0.25) is 0 Å². The predicted molar refractivity (Wildman–Crippen MR) is 88.7 cm³/mol. The number of nitrogens with two attached hydrogens (primary N) is 1. The molecule has 3 nitrogen and oxygen atoms in total. The third-order valence-corrected chi connectivity index (χ3v) is 4.24. The number of hydrogen-bond donors (Lipinski definition) is 1. The number of benzene rings is 2. The van der Waals surface area contributed by atoms with Crippen LogP contribution in [0.3, 0.4) is 0 Å². The van der Waals surface area contributed by atoms with Gasteiger partial charge in [0.05, 0.1) is 6.61 Å². The summed E-state index contributed by atoms with van der Waals surface area (Å²) in [5.74, 6) is 0.833. The highest BCUT2D eigenvalue weighted by atomic mass is 16.5. The van der Waals surface area contributed by atoms with E-state index in [1.807, 2.05) is 0 Å². The SMILES string of the molecule is CN(CCOCC1CC1)c1ccc(CN)c2ccccc12. The molecule has 1 aliphatic rings. The lowest BCUT2D eigenvalue weighted by Crippen LogP contribution is -2.23. The number of rotatable bonds is 7. The minimum Gasteiger partial charge on any atom is -0.379 e. The summed E-state index contributed by atoms with van der Waals surface area (Å²) in [7, 11) is 2.13. The first-order valence-corrected chi connectivity index (χ1v) is 7.79. The Balaban J connectivity index is 1.72. The molecule has 112 valence electrons. The first-order valence-electron chi connectivity index (χ1n) is 7.79. The average molecular weight is 284 g/mol. The summed E-state index contributed by atoms with van der Waals surface area (Å²) in [5.41, 5.74) is 8.29. The van der Waals surface area contributed by atoms with Gasteiger partial charge < -0.3 is 15.4 Å². The second-order valence-electron chi connectivity index (χ2n) is 5.93. The summed E-state index contributed by atoms with van der Waals surface area (Å²) in [6.07, 6.45) is 2.70. The third-order valence-electron chi connectivity index (χ3n) is 4.24. The van der Waals surface area contributed by atoms with E-state index >= 15 is 0 Å². The normalized spacial score (nSPS) is 14.6. The van der Waals surface area contributed by atoms with Crippen LogP contribution in [-0.2, 0) is 11.3 Å². The zero-order chi connectivity index (χ0) is 14.7. The molecule has 2 N–H and O–H groups in total. The Morgan fingerprint density at radius 1 is 1.14 bits per heavy atom. The lowest BCUT2D eigenvalue weighted by atomic mass is 10.0. The number of ether oxygens (including phenoxy) is 1. The highest BCUT2D eigenvalue weighted by Gasteiger charge is 2.21. The molecule has 3 heteroatoms. The summed E-state index contributed by atoms with van der Waals surface area (Å²) in [6.45, 7) is 3.22. The Kier molecular flexibility index (Phi) is 4.42. The van der Waals surface area contributed by atoms with Crippen molar-refractivity contribution in [2.45, 2.75) is 19.4 Å². The number of fused-ring (bicyclic) bond motifs is 1. The number of anilines is 1. The smallest absolute Gasteiger partial charge is 0.0641 e. The molecular formula is C18H24N2O. The summed E-state index contributed by atoms with van der Waals surface area (Å²) in [4.78, 5) is 2.27. The Morgan fingerprint density at radius 3 is 2.62 bits per heavy atom. The van der Waals surface area contributed by atoms with Gasteiger partial charge in [0.15, 0.2) is 0 Å². The molecule has 0 aliphatic heterocycles. The van der Waals surface area contributed by atoms with E-state index in [1.54, 1.807) is 0 Å². The van der Waals surface area contributed by atoms with Crippen molar-refractivity contribution in [3.63, 3.8) is 0 Å². The van der Waals surface area contributed by atoms with Crippen molar-refractivity contribution in [2.24, 2.45) is 11.7 Å². The van der Waals surface area contributed by atoms with E-state index in [1.165, 1.54) is 34.9 Å². The lowest BCUT2D eigenvalue weighted by Gasteiger charge is -2.22. The van der Waals surface area contributed by atoms with Crippen LogP contribution in [0.1, 0.15) is 18.4 Å². The average Bonchev–Trinajstić information content (AvgIpc) is 3.34. The monoisotopic (exact) mass is 284 g/mol. The van der Waals surface area contributed by atoms with Crippen molar-refractivity contribution in [3.05, 3.63) is 42.0 Å². The van der Waals surface area contributed by atoms with E-state index in [2.05, 4.69) is 48.3 Å². The van der Waals surface area contributed by atoms with Crippen LogP contribution in [0.15, 0.2) is 36.4 Å². The summed E-state index contributed by atoms with van der Waals surface area (Å²) in [5, 5.41) is 2.52. The maximum Gasteiger partial charge on any atom is 0.0641 e. The van der Waals surface area contributed by atoms with Crippen LogP contribution in [0, 0.1) is 5.92 Å². The quantitative estimate of drug-likeness (QED) is 0.794. The Bertz CT molecular complexity index is 607. The molecule has 3 rings (SSSR count). The summed E-state index contributed by atoms with van der Waals surface area (Å²) < 4.78 is 5.75. The van der Waals surface area contributed by atoms with Crippen LogP contribution < -0.4 is 10.6 Å². The van der Waals surface area contributed by atoms with Gasteiger partial charge >= 0.3 is 0 Å². The molecule has 0 unspecified atom stereocenters. The van der Waals surface area contributed by atoms with Crippen LogP contribution in [0.4, 0.5) is 5.69 Å². The van der Waals surface area contributed by atoms with Gasteiger partial charge in [-0.05, 0) is 35.8 Å². The van der Waals surface area contributed by atoms with Crippen LogP contribution in [0.25, 0.3) is 10.8 Å². The lowest BCUT2D eigenvalue weighted by molar-refractivity contribution is 0.131. The Hall–Kier alpha value is -1.58. The maximum atomic E-state index is 5.84. The largest absolute Gasteiger partial charge is 0.379 e. The van der Waals surface area contributed by atoms with Crippen LogP contribution in [-0.4, -0.2) is 26.8 Å². The molecule has 0 heterocycles.